The van der Waals surface area contributed by atoms with E-state index in [9.17, 15) is 0 Å². The van der Waals surface area contributed by atoms with Crippen LogP contribution < -0.4 is 10.2 Å². The lowest BCUT2D eigenvalue weighted by atomic mass is 10.1. The highest BCUT2D eigenvalue weighted by Crippen LogP contribution is 2.34. The second-order valence-corrected chi connectivity index (χ2v) is 10.2. The van der Waals surface area contributed by atoms with E-state index in [0.29, 0.717) is 0 Å². The van der Waals surface area contributed by atoms with Crippen molar-refractivity contribution in [3.8, 4) is 11.4 Å². The molecule has 1 saturated heterocycles. The first-order valence-corrected chi connectivity index (χ1v) is 13.7. The van der Waals surface area contributed by atoms with E-state index < -0.39 is 0 Å². The number of fused-ring (bicyclic) bond motifs is 2. The van der Waals surface area contributed by atoms with Gasteiger partial charge in [-0.1, -0.05) is 32.6 Å². The van der Waals surface area contributed by atoms with Gasteiger partial charge >= 0.3 is 0 Å². The zero-order valence-electron chi connectivity index (χ0n) is 23.2. The average Bonchev–Trinajstić information content (AvgIpc) is 3.58. The topological polar surface area (TPSA) is 88.8 Å². The van der Waals surface area contributed by atoms with Crippen molar-refractivity contribution in [2.24, 2.45) is 0 Å². The van der Waals surface area contributed by atoms with Gasteiger partial charge in [-0.15, -0.1) is 0 Å². The number of pyridine rings is 2. The van der Waals surface area contributed by atoms with Crippen molar-refractivity contribution < 1.29 is 0 Å². The van der Waals surface area contributed by atoms with Gasteiger partial charge in [0.05, 0.1) is 46.7 Å². The lowest BCUT2D eigenvalue weighted by Gasteiger charge is -2.34. The van der Waals surface area contributed by atoms with Crippen molar-refractivity contribution in [2.75, 3.05) is 38.1 Å². The van der Waals surface area contributed by atoms with Crippen LogP contribution in [0.3, 0.4) is 0 Å². The number of anilines is 1. The van der Waals surface area contributed by atoms with Gasteiger partial charge in [-0.25, -0.2) is 0 Å². The minimum atomic E-state index is 0.864. The molecule has 5 heterocycles. The summed E-state index contributed by atoms with van der Waals surface area (Å²) in [4.78, 5) is 17.6. The molecule has 202 valence electrons. The molecular weight excluding hydrogens is 484 g/mol. The van der Waals surface area contributed by atoms with E-state index in [1.807, 2.05) is 31.6 Å². The van der Waals surface area contributed by atoms with Crippen LogP contribution in [-0.2, 0) is 0 Å². The monoisotopic (exact) mass is 522 g/mol. The molecule has 0 unspecified atom stereocenters. The summed E-state index contributed by atoms with van der Waals surface area (Å²) >= 11 is 0. The molecule has 0 saturated carbocycles. The molecule has 8 heteroatoms. The number of allylic oxidation sites excluding steroid dienone is 5. The maximum absolute atomic E-state index is 4.73. The summed E-state index contributed by atoms with van der Waals surface area (Å²) in [5.41, 5.74) is 8.63. The van der Waals surface area contributed by atoms with Crippen molar-refractivity contribution >= 4 is 33.1 Å². The highest BCUT2D eigenvalue weighted by Gasteiger charge is 2.19. The van der Waals surface area contributed by atoms with Crippen LogP contribution in [0.25, 0.3) is 38.8 Å². The molecule has 4 aromatic rings. The van der Waals surface area contributed by atoms with Crippen molar-refractivity contribution in [3.63, 3.8) is 0 Å². The molecule has 0 aliphatic carbocycles. The Morgan fingerprint density at radius 1 is 1.10 bits per heavy atom. The Hall–Kier alpha value is -4.17. The normalized spacial score (nSPS) is 15.3. The van der Waals surface area contributed by atoms with Crippen LogP contribution in [-0.4, -0.2) is 63.3 Å². The molecule has 0 bridgehead atoms. The Morgan fingerprint density at radius 2 is 1.92 bits per heavy atom. The largest absolute Gasteiger partial charge is 0.367 e. The van der Waals surface area contributed by atoms with Crippen LogP contribution in [0, 0.1) is 0 Å². The second kappa shape index (κ2) is 11.7. The van der Waals surface area contributed by atoms with Gasteiger partial charge in [0.25, 0.3) is 0 Å². The summed E-state index contributed by atoms with van der Waals surface area (Å²) in [6.07, 6.45) is 14.8. The number of aromatic nitrogens is 5. The Bertz CT molecular complexity index is 1550. The maximum Gasteiger partial charge on any atom is 0.116 e. The van der Waals surface area contributed by atoms with E-state index in [1.54, 1.807) is 0 Å². The average molecular weight is 523 g/mol. The van der Waals surface area contributed by atoms with Gasteiger partial charge in [-0.05, 0) is 56.7 Å². The third kappa shape index (κ3) is 5.66. The standard InChI is InChI=1S/C31H38N8/c1-6-9-10-21(4)34-23(8-3)15-22(7-2)26-17-25-29(19-33-26)36-37-31(25)27-16-24-28(35-27)18-32-20-30(24)39-13-11-38(5)12-14-39/h7-8,15-20,34-35H,3-4,6,9-14H2,1-2,5H3,(H,36,37)/b22-7+,23-15+. The molecule has 5 rings (SSSR count). The van der Waals surface area contributed by atoms with Crippen LogP contribution in [0.2, 0.25) is 0 Å². The van der Waals surface area contributed by atoms with Crippen molar-refractivity contribution in [3.05, 3.63) is 79.2 Å². The van der Waals surface area contributed by atoms with E-state index in [0.717, 1.165) is 107 Å². The Morgan fingerprint density at radius 3 is 2.67 bits per heavy atom. The molecule has 0 atom stereocenters. The fourth-order valence-corrected chi connectivity index (χ4v) is 5.02. The first kappa shape index (κ1) is 26.4. The molecule has 1 aliphatic rings. The number of H-pyrrole nitrogens is 2. The van der Waals surface area contributed by atoms with Gasteiger partial charge < -0.3 is 20.1 Å². The number of aromatic amines is 2. The summed E-state index contributed by atoms with van der Waals surface area (Å²) in [5, 5.41) is 13.4. The molecule has 4 aromatic heterocycles. The predicted molar refractivity (Wildman–Crippen MR) is 162 cm³/mol. The maximum atomic E-state index is 4.73. The van der Waals surface area contributed by atoms with Gasteiger partial charge in [-0.2, -0.15) is 5.10 Å². The second-order valence-electron chi connectivity index (χ2n) is 10.2. The van der Waals surface area contributed by atoms with Gasteiger partial charge in [0.15, 0.2) is 0 Å². The van der Waals surface area contributed by atoms with E-state index in [4.69, 9.17) is 4.98 Å². The van der Waals surface area contributed by atoms with Gasteiger partial charge in [0.1, 0.15) is 5.69 Å². The summed E-state index contributed by atoms with van der Waals surface area (Å²) in [5.74, 6) is 0. The molecule has 0 amide bonds. The molecular formula is C31H38N8. The van der Waals surface area contributed by atoms with Crippen LogP contribution in [0.1, 0.15) is 38.8 Å². The molecule has 1 fully saturated rings. The SMILES string of the molecule is C=C/C(=C\C(=C/C)c1cc2c(-c3cc4c(N5CCN(C)CC5)cncc4[nH]3)n[nH]c2cn1)NC(=C)CCCC. The molecule has 0 spiro atoms. The first-order valence-electron chi connectivity index (χ1n) is 13.7. The Kier molecular flexibility index (Phi) is 7.93. The zero-order chi connectivity index (χ0) is 27.4. The third-order valence-electron chi connectivity index (χ3n) is 7.36. The molecule has 8 nitrogen and oxygen atoms in total. The number of rotatable bonds is 10. The fraction of sp³-hybridized carbons (Fsp3) is 0.323. The number of piperazine rings is 1. The molecule has 0 aromatic carbocycles. The van der Waals surface area contributed by atoms with E-state index in [2.05, 4.69) is 86.7 Å². The van der Waals surface area contributed by atoms with Crippen LogP contribution in [0.15, 0.2) is 73.5 Å². The first-order chi connectivity index (χ1) is 19.0. The Balaban J connectivity index is 1.47. The van der Waals surface area contributed by atoms with Crippen molar-refractivity contribution in [1.29, 1.82) is 0 Å². The molecule has 1 aliphatic heterocycles. The molecule has 39 heavy (non-hydrogen) atoms. The minimum Gasteiger partial charge on any atom is -0.367 e. The zero-order valence-corrected chi connectivity index (χ0v) is 23.2. The number of hydrogen-bond donors (Lipinski definition) is 3. The highest BCUT2D eigenvalue weighted by atomic mass is 15.3. The van der Waals surface area contributed by atoms with Gasteiger partial charge in [0.2, 0.25) is 0 Å². The quantitative estimate of drug-likeness (QED) is 0.221. The summed E-state index contributed by atoms with van der Waals surface area (Å²) in [7, 11) is 2.17. The molecule has 3 N–H and O–H groups in total. The Labute approximate surface area is 230 Å². The summed E-state index contributed by atoms with van der Waals surface area (Å²) in [6, 6.07) is 4.29. The predicted octanol–water partition coefficient (Wildman–Crippen LogP) is 6.02. The van der Waals surface area contributed by atoms with E-state index in [-0.39, 0.29) is 0 Å². The fourth-order valence-electron chi connectivity index (χ4n) is 5.02. The lowest BCUT2D eigenvalue weighted by molar-refractivity contribution is 0.313. The van der Waals surface area contributed by atoms with Crippen molar-refractivity contribution in [1.82, 2.24) is 35.4 Å². The summed E-state index contributed by atoms with van der Waals surface area (Å²) < 4.78 is 0. The number of likely N-dealkylation sites (N-methyl/N-ethyl adjacent to an activating group) is 1. The third-order valence-corrected chi connectivity index (χ3v) is 7.36. The number of unbranched alkanes of at least 4 members (excludes halogenated alkanes) is 1. The highest BCUT2D eigenvalue weighted by molar-refractivity contribution is 6.00. The number of nitrogens with one attached hydrogen (secondary N) is 3. The van der Waals surface area contributed by atoms with Crippen LogP contribution in [0.4, 0.5) is 5.69 Å². The molecule has 0 radical (unpaired) electrons. The number of hydrogen-bond acceptors (Lipinski definition) is 6. The minimum absolute atomic E-state index is 0.864. The van der Waals surface area contributed by atoms with Gasteiger partial charge in [-0.3, -0.25) is 15.1 Å². The van der Waals surface area contributed by atoms with Crippen molar-refractivity contribution in [2.45, 2.75) is 33.1 Å². The van der Waals surface area contributed by atoms with Crippen LogP contribution in [0.5, 0.6) is 0 Å². The van der Waals surface area contributed by atoms with Gasteiger partial charge in [0, 0.05) is 48.3 Å². The smallest absolute Gasteiger partial charge is 0.116 e. The number of nitrogens with zero attached hydrogens (tertiary/aromatic N) is 5. The van der Waals surface area contributed by atoms with Crippen LogP contribution >= 0.6 is 0 Å². The van der Waals surface area contributed by atoms with E-state index in [1.165, 1.54) is 0 Å². The lowest BCUT2D eigenvalue weighted by Crippen LogP contribution is -2.44. The van der Waals surface area contributed by atoms with E-state index >= 15 is 0 Å². The summed E-state index contributed by atoms with van der Waals surface area (Å²) in [6.45, 7) is 16.4.